The topological polar surface area (TPSA) is 74.5 Å². The Morgan fingerprint density at radius 1 is 1.30 bits per heavy atom. The summed E-state index contributed by atoms with van der Waals surface area (Å²) in [6.45, 7) is 6.32. The average molecular weight is 279 g/mol. The quantitative estimate of drug-likeness (QED) is 0.845. The van der Waals surface area contributed by atoms with Crippen LogP contribution >= 0.6 is 0 Å². The second-order valence-electron chi connectivity index (χ2n) is 5.66. The molecule has 0 bridgehead atoms. The molecule has 2 fully saturated rings. The van der Waals surface area contributed by atoms with Gasteiger partial charge >= 0.3 is 5.97 Å². The molecule has 110 valence electrons. The summed E-state index contributed by atoms with van der Waals surface area (Å²) >= 11 is 0. The molecule has 0 radical (unpaired) electrons. The van der Waals surface area contributed by atoms with Crippen LogP contribution in [0.5, 0.6) is 0 Å². The van der Waals surface area contributed by atoms with E-state index in [1.165, 1.54) is 38.5 Å². The lowest BCUT2D eigenvalue weighted by Crippen LogP contribution is -2.37. The largest absolute Gasteiger partial charge is 0.476 e. The Kier molecular flexibility index (Phi) is 3.98. The van der Waals surface area contributed by atoms with Crippen LogP contribution in [0.3, 0.4) is 0 Å². The van der Waals surface area contributed by atoms with Crippen LogP contribution in [0, 0.1) is 0 Å². The Hall–Kier alpha value is -1.47. The molecule has 3 rings (SSSR count). The monoisotopic (exact) mass is 279 g/mol. The first-order valence-corrected chi connectivity index (χ1v) is 7.32. The van der Waals surface area contributed by atoms with Gasteiger partial charge in [-0.1, -0.05) is 5.21 Å². The van der Waals surface area contributed by atoms with Crippen LogP contribution in [0.25, 0.3) is 0 Å². The van der Waals surface area contributed by atoms with Crippen LogP contribution in [0.1, 0.15) is 29.8 Å². The van der Waals surface area contributed by atoms with Gasteiger partial charge in [0.2, 0.25) is 0 Å². The van der Waals surface area contributed by atoms with Crippen molar-refractivity contribution in [1.82, 2.24) is 24.8 Å². The summed E-state index contributed by atoms with van der Waals surface area (Å²) in [7, 11) is 0. The molecule has 1 N–H and O–H groups in total. The lowest BCUT2D eigenvalue weighted by molar-refractivity contribution is 0.0690. The Balaban J connectivity index is 1.53. The number of aromatic carboxylic acids is 1. The van der Waals surface area contributed by atoms with Crippen LogP contribution in [-0.2, 0) is 6.54 Å². The van der Waals surface area contributed by atoms with E-state index in [1.807, 2.05) is 0 Å². The predicted octanol–water partition coefficient (Wildman–Crippen LogP) is 0.146. The molecule has 20 heavy (non-hydrogen) atoms. The van der Waals surface area contributed by atoms with Crippen LogP contribution in [0.15, 0.2) is 6.20 Å². The standard InChI is InChI=1S/C13H21N5O2/c19-13(20)12-10-18(15-14-12)8-7-16-4-2-6-17-5-1-3-11(17)9-16/h10-11H,1-9H2,(H,19,20). The number of carboxylic acid groups (broad SMARTS) is 1. The molecule has 0 aromatic carbocycles. The van der Waals surface area contributed by atoms with E-state index in [0.29, 0.717) is 12.6 Å². The Bertz CT molecular complexity index is 475. The van der Waals surface area contributed by atoms with Gasteiger partial charge < -0.3 is 5.11 Å². The molecule has 0 saturated carbocycles. The molecule has 2 aliphatic heterocycles. The molecule has 0 amide bonds. The van der Waals surface area contributed by atoms with E-state index in [9.17, 15) is 4.79 Å². The number of aromatic nitrogens is 3. The lowest BCUT2D eigenvalue weighted by Gasteiger charge is -2.25. The first kappa shape index (κ1) is 13.5. The fraction of sp³-hybridized carbons (Fsp3) is 0.769. The van der Waals surface area contributed by atoms with Gasteiger partial charge in [0.05, 0.1) is 12.7 Å². The minimum Gasteiger partial charge on any atom is -0.476 e. The van der Waals surface area contributed by atoms with Crippen molar-refractivity contribution < 1.29 is 9.90 Å². The molecule has 1 unspecified atom stereocenters. The molecule has 1 atom stereocenters. The van der Waals surface area contributed by atoms with Gasteiger partial charge in [-0.3, -0.25) is 14.5 Å². The van der Waals surface area contributed by atoms with Gasteiger partial charge in [0.15, 0.2) is 5.69 Å². The summed E-state index contributed by atoms with van der Waals surface area (Å²) in [5, 5.41) is 16.3. The zero-order valence-electron chi connectivity index (χ0n) is 11.6. The van der Waals surface area contributed by atoms with Gasteiger partial charge in [-0.05, 0) is 38.9 Å². The zero-order valence-corrected chi connectivity index (χ0v) is 11.6. The summed E-state index contributed by atoms with van der Waals surface area (Å²) in [6, 6.07) is 0.711. The summed E-state index contributed by atoms with van der Waals surface area (Å²) in [6.07, 6.45) is 5.35. The molecule has 7 heteroatoms. The molecule has 1 aromatic rings. The highest BCUT2D eigenvalue weighted by Crippen LogP contribution is 2.21. The average Bonchev–Trinajstić information content (AvgIpc) is 3.02. The first-order valence-electron chi connectivity index (χ1n) is 7.32. The van der Waals surface area contributed by atoms with Crippen LogP contribution in [-0.4, -0.2) is 74.6 Å². The van der Waals surface area contributed by atoms with Crippen LogP contribution in [0.2, 0.25) is 0 Å². The fourth-order valence-corrected chi connectivity index (χ4v) is 3.24. The highest BCUT2D eigenvalue weighted by Gasteiger charge is 2.28. The summed E-state index contributed by atoms with van der Waals surface area (Å²) in [5.74, 6) is -1.02. The third kappa shape index (κ3) is 2.99. The second-order valence-corrected chi connectivity index (χ2v) is 5.66. The normalized spacial score (nSPS) is 24.5. The number of carbonyl (C=O) groups is 1. The molecule has 0 spiro atoms. The molecule has 7 nitrogen and oxygen atoms in total. The number of nitrogens with zero attached hydrogens (tertiary/aromatic N) is 5. The SMILES string of the molecule is O=C(O)c1cn(CCN2CCCN3CCCC3C2)nn1. The maximum atomic E-state index is 10.8. The molecule has 3 heterocycles. The fourth-order valence-electron chi connectivity index (χ4n) is 3.24. The van der Waals surface area contributed by atoms with E-state index in [0.717, 1.165) is 19.6 Å². The van der Waals surface area contributed by atoms with E-state index in [1.54, 1.807) is 4.68 Å². The molecular formula is C13H21N5O2. The highest BCUT2D eigenvalue weighted by molar-refractivity contribution is 5.84. The zero-order chi connectivity index (χ0) is 13.9. The van der Waals surface area contributed by atoms with Crippen molar-refractivity contribution in [1.29, 1.82) is 0 Å². The van der Waals surface area contributed by atoms with Crippen molar-refractivity contribution in [2.45, 2.75) is 31.8 Å². The Morgan fingerprint density at radius 2 is 2.15 bits per heavy atom. The summed E-state index contributed by atoms with van der Waals surface area (Å²) < 4.78 is 1.63. The van der Waals surface area contributed by atoms with Crippen molar-refractivity contribution >= 4 is 5.97 Å². The molecular weight excluding hydrogens is 258 g/mol. The maximum Gasteiger partial charge on any atom is 0.358 e. The van der Waals surface area contributed by atoms with E-state index in [-0.39, 0.29) is 5.69 Å². The van der Waals surface area contributed by atoms with Gasteiger partial charge in [-0.25, -0.2) is 4.79 Å². The van der Waals surface area contributed by atoms with Crippen LogP contribution in [0.4, 0.5) is 0 Å². The third-order valence-electron chi connectivity index (χ3n) is 4.29. The first-order chi connectivity index (χ1) is 9.72. The van der Waals surface area contributed by atoms with Gasteiger partial charge in [-0.15, -0.1) is 5.10 Å². The number of hydrogen-bond donors (Lipinski definition) is 1. The minimum atomic E-state index is -1.02. The molecule has 0 aliphatic carbocycles. The third-order valence-corrected chi connectivity index (χ3v) is 4.29. The highest BCUT2D eigenvalue weighted by atomic mass is 16.4. The van der Waals surface area contributed by atoms with E-state index < -0.39 is 5.97 Å². The Labute approximate surface area is 118 Å². The Morgan fingerprint density at radius 3 is 2.95 bits per heavy atom. The lowest BCUT2D eigenvalue weighted by atomic mass is 10.2. The number of rotatable bonds is 4. The number of hydrogen-bond acceptors (Lipinski definition) is 5. The summed E-state index contributed by atoms with van der Waals surface area (Å²) in [5.41, 5.74) is 0.0165. The van der Waals surface area contributed by atoms with Crippen LogP contribution < -0.4 is 0 Å². The smallest absolute Gasteiger partial charge is 0.358 e. The molecule has 1 aromatic heterocycles. The molecule has 2 aliphatic rings. The predicted molar refractivity (Wildman–Crippen MR) is 72.6 cm³/mol. The van der Waals surface area contributed by atoms with Gasteiger partial charge in [0, 0.05) is 19.1 Å². The number of fused-ring (bicyclic) bond motifs is 1. The van der Waals surface area contributed by atoms with E-state index in [4.69, 9.17) is 5.11 Å². The van der Waals surface area contributed by atoms with E-state index in [2.05, 4.69) is 20.1 Å². The van der Waals surface area contributed by atoms with Gasteiger partial charge in [0.25, 0.3) is 0 Å². The van der Waals surface area contributed by atoms with Gasteiger partial charge in [0.1, 0.15) is 0 Å². The minimum absolute atomic E-state index is 0.0165. The molecule has 2 saturated heterocycles. The van der Waals surface area contributed by atoms with E-state index >= 15 is 0 Å². The second kappa shape index (κ2) is 5.88. The van der Waals surface area contributed by atoms with Crippen molar-refractivity contribution in [2.75, 3.05) is 32.7 Å². The number of carboxylic acids is 1. The summed E-state index contributed by atoms with van der Waals surface area (Å²) in [4.78, 5) is 15.8. The van der Waals surface area contributed by atoms with Crippen molar-refractivity contribution in [3.63, 3.8) is 0 Å². The van der Waals surface area contributed by atoms with Crippen molar-refractivity contribution in [2.24, 2.45) is 0 Å². The van der Waals surface area contributed by atoms with Gasteiger partial charge in [-0.2, -0.15) is 0 Å². The van der Waals surface area contributed by atoms with Crippen molar-refractivity contribution in [3.8, 4) is 0 Å². The maximum absolute atomic E-state index is 10.8. The van der Waals surface area contributed by atoms with Crippen molar-refractivity contribution in [3.05, 3.63) is 11.9 Å².